The number of hydrogen-bond donors (Lipinski definition) is 2. The molecule has 2 N–H and O–H groups in total. The van der Waals surface area contributed by atoms with Crippen LogP contribution in [0.1, 0.15) is 18.3 Å². The summed E-state index contributed by atoms with van der Waals surface area (Å²) < 4.78 is 0. The lowest BCUT2D eigenvalue weighted by atomic mass is 10.0. The van der Waals surface area contributed by atoms with Crippen molar-refractivity contribution in [3.63, 3.8) is 0 Å². The molecule has 0 radical (unpaired) electrons. The number of imidazole rings is 1. The third kappa shape index (κ3) is 1.39. The minimum atomic E-state index is -0.763. The molecule has 0 bridgehead atoms. The molecule has 1 aliphatic heterocycles. The van der Waals surface area contributed by atoms with E-state index in [1.165, 1.54) is 0 Å². The van der Waals surface area contributed by atoms with Gasteiger partial charge in [-0.25, -0.2) is 4.98 Å². The monoisotopic (exact) mass is 195 g/mol. The number of nitrogens with one attached hydrogen (secondary N) is 1. The zero-order valence-corrected chi connectivity index (χ0v) is 8.03. The van der Waals surface area contributed by atoms with E-state index in [9.17, 15) is 4.79 Å². The molecule has 1 aromatic heterocycles. The zero-order valence-electron chi connectivity index (χ0n) is 8.03. The van der Waals surface area contributed by atoms with Gasteiger partial charge in [-0.05, 0) is 6.54 Å². The van der Waals surface area contributed by atoms with Crippen molar-refractivity contribution in [1.82, 2.24) is 14.9 Å². The van der Waals surface area contributed by atoms with E-state index in [4.69, 9.17) is 5.11 Å². The van der Waals surface area contributed by atoms with Crippen molar-refractivity contribution in [2.24, 2.45) is 0 Å². The van der Waals surface area contributed by atoms with Crippen LogP contribution < -0.4 is 0 Å². The molecule has 0 saturated heterocycles. The second-order valence-electron chi connectivity index (χ2n) is 3.45. The molecule has 0 aromatic carbocycles. The summed E-state index contributed by atoms with van der Waals surface area (Å²) in [6, 6.07) is -0.421. The van der Waals surface area contributed by atoms with Gasteiger partial charge in [0.25, 0.3) is 0 Å². The number of H-pyrrole nitrogens is 1. The molecule has 1 unspecified atom stereocenters. The Morgan fingerprint density at radius 3 is 3.29 bits per heavy atom. The summed E-state index contributed by atoms with van der Waals surface area (Å²) in [5, 5.41) is 9.02. The Kier molecular flexibility index (Phi) is 2.25. The fraction of sp³-hybridized carbons (Fsp3) is 0.556. The third-order valence-corrected chi connectivity index (χ3v) is 2.69. The van der Waals surface area contributed by atoms with E-state index in [1.54, 1.807) is 6.33 Å². The normalized spacial score (nSPS) is 21.9. The van der Waals surface area contributed by atoms with E-state index in [0.29, 0.717) is 13.0 Å². The van der Waals surface area contributed by atoms with Gasteiger partial charge in [-0.15, -0.1) is 0 Å². The Bertz CT molecular complexity index is 348. The lowest BCUT2D eigenvalue weighted by Gasteiger charge is -2.30. The molecule has 0 aliphatic carbocycles. The molecule has 1 atom stereocenters. The summed E-state index contributed by atoms with van der Waals surface area (Å²) in [4.78, 5) is 20.1. The summed E-state index contributed by atoms with van der Waals surface area (Å²) in [6.45, 7) is 3.37. The first kappa shape index (κ1) is 9.21. The van der Waals surface area contributed by atoms with Gasteiger partial charge in [0, 0.05) is 13.0 Å². The largest absolute Gasteiger partial charge is 0.480 e. The fourth-order valence-corrected chi connectivity index (χ4v) is 1.86. The lowest BCUT2D eigenvalue weighted by molar-refractivity contribution is -0.143. The first-order valence-corrected chi connectivity index (χ1v) is 4.70. The topological polar surface area (TPSA) is 69.2 Å². The zero-order chi connectivity index (χ0) is 10.1. The maximum Gasteiger partial charge on any atom is 0.321 e. The first-order chi connectivity index (χ1) is 6.72. The Hall–Kier alpha value is -1.36. The van der Waals surface area contributed by atoms with Crippen LogP contribution in [-0.2, 0) is 17.8 Å². The van der Waals surface area contributed by atoms with Crippen molar-refractivity contribution in [2.45, 2.75) is 25.9 Å². The van der Waals surface area contributed by atoms with Gasteiger partial charge in [0.15, 0.2) is 0 Å². The number of aromatic nitrogens is 2. The van der Waals surface area contributed by atoms with Crippen LogP contribution in [-0.4, -0.2) is 38.5 Å². The number of rotatable bonds is 2. The molecular weight excluding hydrogens is 182 g/mol. The second-order valence-corrected chi connectivity index (χ2v) is 3.45. The number of nitrogens with zero attached hydrogens (tertiary/aromatic N) is 2. The van der Waals surface area contributed by atoms with Crippen LogP contribution in [0, 0.1) is 0 Å². The van der Waals surface area contributed by atoms with Gasteiger partial charge in [-0.3, -0.25) is 9.69 Å². The molecule has 1 aromatic rings. The number of aromatic amines is 1. The molecule has 0 amide bonds. The highest BCUT2D eigenvalue weighted by atomic mass is 16.4. The van der Waals surface area contributed by atoms with E-state index in [1.807, 2.05) is 11.8 Å². The standard InChI is InChI=1S/C9H13N3O2/c1-2-12-4-7-6(10-5-11-7)3-8(12)9(13)14/h5,8H,2-4H2,1H3,(H,10,11)(H,13,14). The van der Waals surface area contributed by atoms with Gasteiger partial charge in [-0.1, -0.05) is 6.92 Å². The van der Waals surface area contributed by atoms with E-state index >= 15 is 0 Å². The van der Waals surface area contributed by atoms with Crippen LogP contribution in [0.15, 0.2) is 6.33 Å². The highest BCUT2D eigenvalue weighted by Gasteiger charge is 2.31. The molecule has 2 rings (SSSR count). The van der Waals surface area contributed by atoms with Crippen molar-refractivity contribution in [3.8, 4) is 0 Å². The van der Waals surface area contributed by atoms with Crippen LogP contribution in [0.2, 0.25) is 0 Å². The Morgan fingerprint density at radius 1 is 1.86 bits per heavy atom. The van der Waals surface area contributed by atoms with E-state index in [-0.39, 0.29) is 0 Å². The molecule has 1 aliphatic rings. The summed E-state index contributed by atoms with van der Waals surface area (Å²) in [6.07, 6.45) is 2.13. The molecule has 0 spiro atoms. The number of carboxylic acid groups (broad SMARTS) is 1. The minimum absolute atomic E-state index is 0.421. The van der Waals surface area contributed by atoms with E-state index < -0.39 is 12.0 Å². The van der Waals surface area contributed by atoms with Gasteiger partial charge in [-0.2, -0.15) is 0 Å². The molecule has 5 nitrogen and oxygen atoms in total. The predicted molar refractivity (Wildman–Crippen MR) is 49.8 cm³/mol. The van der Waals surface area contributed by atoms with Crippen LogP contribution in [0.5, 0.6) is 0 Å². The molecule has 14 heavy (non-hydrogen) atoms. The summed E-state index contributed by atoms with van der Waals surface area (Å²) in [5.41, 5.74) is 1.94. The van der Waals surface area contributed by atoms with Crippen molar-refractivity contribution in [2.75, 3.05) is 6.54 Å². The van der Waals surface area contributed by atoms with Crippen molar-refractivity contribution in [3.05, 3.63) is 17.7 Å². The van der Waals surface area contributed by atoms with Gasteiger partial charge in [0.1, 0.15) is 6.04 Å². The Balaban J connectivity index is 2.26. The average Bonchev–Trinajstić information content (AvgIpc) is 2.62. The second kappa shape index (κ2) is 3.42. The van der Waals surface area contributed by atoms with E-state index in [2.05, 4.69) is 9.97 Å². The number of hydrogen-bond acceptors (Lipinski definition) is 3. The highest BCUT2D eigenvalue weighted by Crippen LogP contribution is 2.19. The van der Waals surface area contributed by atoms with Crippen molar-refractivity contribution < 1.29 is 9.90 Å². The minimum Gasteiger partial charge on any atom is -0.480 e. The van der Waals surface area contributed by atoms with Crippen molar-refractivity contribution >= 4 is 5.97 Å². The van der Waals surface area contributed by atoms with Gasteiger partial charge < -0.3 is 10.1 Å². The van der Waals surface area contributed by atoms with Crippen LogP contribution in [0.4, 0.5) is 0 Å². The van der Waals surface area contributed by atoms with Gasteiger partial charge in [0.2, 0.25) is 0 Å². The molecule has 76 valence electrons. The predicted octanol–water partition coefficient (Wildman–Crippen LogP) is 0.241. The number of likely N-dealkylation sites (N-methyl/N-ethyl adjacent to an activating group) is 1. The molecule has 2 heterocycles. The molecular formula is C9H13N3O2. The van der Waals surface area contributed by atoms with Crippen LogP contribution in [0.3, 0.4) is 0 Å². The Labute approximate surface area is 81.8 Å². The Morgan fingerprint density at radius 2 is 2.64 bits per heavy atom. The summed E-state index contributed by atoms with van der Waals surface area (Å²) in [5.74, 6) is -0.763. The van der Waals surface area contributed by atoms with Crippen LogP contribution in [0.25, 0.3) is 0 Å². The van der Waals surface area contributed by atoms with Gasteiger partial charge in [0.05, 0.1) is 17.7 Å². The molecule has 0 saturated carbocycles. The smallest absolute Gasteiger partial charge is 0.321 e. The van der Waals surface area contributed by atoms with Gasteiger partial charge >= 0.3 is 5.97 Å². The number of carbonyl (C=O) groups is 1. The SMILES string of the molecule is CCN1Cc2[nH]cnc2CC1C(=O)O. The molecule has 5 heteroatoms. The number of aliphatic carboxylic acids is 1. The quantitative estimate of drug-likeness (QED) is 0.709. The third-order valence-electron chi connectivity index (χ3n) is 2.69. The highest BCUT2D eigenvalue weighted by molar-refractivity contribution is 5.74. The molecule has 0 fully saturated rings. The first-order valence-electron chi connectivity index (χ1n) is 4.70. The summed E-state index contributed by atoms with van der Waals surface area (Å²) >= 11 is 0. The number of fused-ring (bicyclic) bond motifs is 1. The van der Waals surface area contributed by atoms with E-state index in [0.717, 1.165) is 17.9 Å². The van der Waals surface area contributed by atoms with Crippen LogP contribution >= 0.6 is 0 Å². The van der Waals surface area contributed by atoms with Crippen molar-refractivity contribution in [1.29, 1.82) is 0 Å². The summed E-state index contributed by atoms with van der Waals surface area (Å²) in [7, 11) is 0. The maximum absolute atomic E-state index is 11.0. The number of carboxylic acids is 1. The fourth-order valence-electron chi connectivity index (χ4n) is 1.86. The maximum atomic E-state index is 11.0. The average molecular weight is 195 g/mol. The lowest BCUT2D eigenvalue weighted by Crippen LogP contribution is -2.45.